The summed E-state index contributed by atoms with van der Waals surface area (Å²) < 4.78 is 24.6. The Morgan fingerprint density at radius 2 is 1.52 bits per heavy atom. The Kier molecular flexibility index (Phi) is 5.06. The highest BCUT2D eigenvalue weighted by Crippen LogP contribution is 2.22. The minimum absolute atomic E-state index is 0.0906. The number of sulfonamides is 1. The lowest BCUT2D eigenvalue weighted by Gasteiger charge is -2.33. The van der Waals surface area contributed by atoms with Crippen LogP contribution in [0.15, 0.2) is 54.6 Å². The van der Waals surface area contributed by atoms with Crippen molar-refractivity contribution in [3.63, 3.8) is 0 Å². The first-order valence-corrected chi connectivity index (χ1v) is 9.95. The van der Waals surface area contributed by atoms with Crippen molar-refractivity contribution in [1.29, 1.82) is 0 Å². The molecule has 2 aromatic carbocycles. The second-order valence-corrected chi connectivity index (χ2v) is 7.97. The number of nitrogens with zero attached hydrogens (tertiary/aromatic N) is 2. The number of hydrogen-bond acceptors (Lipinski definition) is 4. The van der Waals surface area contributed by atoms with Gasteiger partial charge in [0.15, 0.2) is 0 Å². The summed E-state index contributed by atoms with van der Waals surface area (Å²) >= 11 is 0. The molecule has 132 valence electrons. The van der Waals surface area contributed by atoms with Crippen LogP contribution in [0, 0.1) is 0 Å². The number of benzene rings is 2. The standard InChI is InChI=1S/C18H21N3O3S/c1-25(23,24)21-13-11-20(12-14-21)18(22)16-9-5-6-10-17(16)19-15-7-3-2-4-8-15/h2-10,19H,11-14H2,1H3. The lowest BCUT2D eigenvalue weighted by molar-refractivity contribution is 0.0699. The van der Waals surface area contributed by atoms with Crippen LogP contribution in [0.4, 0.5) is 11.4 Å². The summed E-state index contributed by atoms with van der Waals surface area (Å²) in [5.41, 5.74) is 2.23. The average molecular weight is 359 g/mol. The predicted molar refractivity (Wildman–Crippen MR) is 98.5 cm³/mol. The zero-order chi connectivity index (χ0) is 17.9. The topological polar surface area (TPSA) is 69.7 Å². The predicted octanol–water partition coefficient (Wildman–Crippen LogP) is 2.15. The van der Waals surface area contributed by atoms with E-state index in [4.69, 9.17) is 0 Å². The Morgan fingerprint density at radius 1 is 0.920 bits per heavy atom. The van der Waals surface area contributed by atoms with E-state index in [0.717, 1.165) is 11.4 Å². The zero-order valence-electron chi connectivity index (χ0n) is 14.1. The van der Waals surface area contributed by atoms with Crippen LogP contribution in [0.3, 0.4) is 0 Å². The normalized spacial score (nSPS) is 15.8. The first kappa shape index (κ1) is 17.4. The van der Waals surface area contributed by atoms with E-state index >= 15 is 0 Å². The Morgan fingerprint density at radius 3 is 2.16 bits per heavy atom. The zero-order valence-corrected chi connectivity index (χ0v) is 14.9. The van der Waals surface area contributed by atoms with Crippen molar-refractivity contribution in [3.8, 4) is 0 Å². The molecule has 1 saturated heterocycles. The fraction of sp³-hybridized carbons (Fsp3) is 0.278. The SMILES string of the molecule is CS(=O)(=O)N1CCN(C(=O)c2ccccc2Nc2ccccc2)CC1. The number of carbonyl (C=O) groups is 1. The van der Waals surface area contributed by atoms with Gasteiger partial charge >= 0.3 is 0 Å². The third kappa shape index (κ3) is 4.18. The number of rotatable bonds is 4. The summed E-state index contributed by atoms with van der Waals surface area (Å²) in [5, 5.41) is 3.27. The van der Waals surface area contributed by atoms with Crippen LogP contribution < -0.4 is 5.32 Å². The van der Waals surface area contributed by atoms with E-state index in [1.54, 1.807) is 11.0 Å². The van der Waals surface area contributed by atoms with Gasteiger partial charge in [-0.15, -0.1) is 0 Å². The summed E-state index contributed by atoms with van der Waals surface area (Å²) in [6.07, 6.45) is 1.20. The summed E-state index contributed by atoms with van der Waals surface area (Å²) in [6.45, 7) is 1.45. The van der Waals surface area contributed by atoms with Gasteiger partial charge in [-0.3, -0.25) is 4.79 Å². The first-order valence-electron chi connectivity index (χ1n) is 8.10. The quantitative estimate of drug-likeness (QED) is 0.908. The van der Waals surface area contributed by atoms with Crippen LogP contribution in [-0.4, -0.2) is 56.0 Å². The van der Waals surface area contributed by atoms with E-state index in [2.05, 4.69) is 5.32 Å². The molecule has 7 heteroatoms. The number of para-hydroxylation sites is 2. The molecule has 0 spiro atoms. The van der Waals surface area contributed by atoms with Crippen LogP contribution in [0.2, 0.25) is 0 Å². The second-order valence-electron chi connectivity index (χ2n) is 5.99. The molecule has 1 fully saturated rings. The molecule has 0 saturated carbocycles. The summed E-state index contributed by atoms with van der Waals surface area (Å²) in [4.78, 5) is 14.6. The van der Waals surface area contributed by atoms with Gasteiger partial charge in [0.1, 0.15) is 0 Å². The highest BCUT2D eigenvalue weighted by Gasteiger charge is 2.27. The molecule has 0 unspecified atom stereocenters. The average Bonchev–Trinajstić information content (AvgIpc) is 2.62. The fourth-order valence-corrected chi connectivity index (χ4v) is 3.68. The highest BCUT2D eigenvalue weighted by molar-refractivity contribution is 7.88. The van der Waals surface area contributed by atoms with E-state index in [9.17, 15) is 13.2 Å². The molecule has 1 N–H and O–H groups in total. The van der Waals surface area contributed by atoms with E-state index in [1.807, 2.05) is 48.5 Å². The number of amides is 1. The molecule has 0 bridgehead atoms. The van der Waals surface area contributed by atoms with Crippen LogP contribution in [0.25, 0.3) is 0 Å². The fourth-order valence-electron chi connectivity index (χ4n) is 2.85. The number of nitrogens with one attached hydrogen (secondary N) is 1. The molecule has 0 aliphatic carbocycles. The molecule has 1 aliphatic rings. The minimum Gasteiger partial charge on any atom is -0.355 e. The Hall–Kier alpha value is -2.38. The van der Waals surface area contributed by atoms with Crippen molar-refractivity contribution in [2.75, 3.05) is 37.8 Å². The number of hydrogen-bond donors (Lipinski definition) is 1. The van der Waals surface area contributed by atoms with E-state index < -0.39 is 10.0 Å². The molecular formula is C18H21N3O3S. The van der Waals surface area contributed by atoms with Crippen LogP contribution in [0.5, 0.6) is 0 Å². The molecule has 0 atom stereocenters. The third-order valence-electron chi connectivity index (χ3n) is 4.21. The van der Waals surface area contributed by atoms with E-state index in [-0.39, 0.29) is 5.91 Å². The van der Waals surface area contributed by atoms with Gasteiger partial charge in [0.2, 0.25) is 10.0 Å². The summed E-state index contributed by atoms with van der Waals surface area (Å²) in [5.74, 6) is -0.0906. The maximum absolute atomic E-state index is 12.9. The lowest BCUT2D eigenvalue weighted by Crippen LogP contribution is -2.50. The highest BCUT2D eigenvalue weighted by atomic mass is 32.2. The molecule has 0 radical (unpaired) electrons. The molecule has 25 heavy (non-hydrogen) atoms. The molecule has 1 aliphatic heterocycles. The molecule has 2 aromatic rings. The van der Waals surface area contributed by atoms with Crippen molar-refractivity contribution in [2.24, 2.45) is 0 Å². The Balaban J connectivity index is 1.75. The van der Waals surface area contributed by atoms with Gasteiger partial charge in [0, 0.05) is 31.9 Å². The van der Waals surface area contributed by atoms with Crippen molar-refractivity contribution in [3.05, 3.63) is 60.2 Å². The largest absolute Gasteiger partial charge is 0.355 e. The lowest BCUT2D eigenvalue weighted by atomic mass is 10.1. The maximum Gasteiger partial charge on any atom is 0.256 e. The third-order valence-corrected chi connectivity index (χ3v) is 5.51. The van der Waals surface area contributed by atoms with Gasteiger partial charge < -0.3 is 10.2 Å². The van der Waals surface area contributed by atoms with Crippen molar-refractivity contribution in [1.82, 2.24) is 9.21 Å². The first-order chi connectivity index (χ1) is 11.9. The molecule has 1 amide bonds. The van der Waals surface area contributed by atoms with Crippen molar-refractivity contribution < 1.29 is 13.2 Å². The van der Waals surface area contributed by atoms with E-state index in [1.165, 1.54) is 10.6 Å². The molecule has 6 nitrogen and oxygen atoms in total. The van der Waals surface area contributed by atoms with Crippen LogP contribution in [0.1, 0.15) is 10.4 Å². The molecule has 1 heterocycles. The van der Waals surface area contributed by atoms with Crippen LogP contribution in [-0.2, 0) is 10.0 Å². The second kappa shape index (κ2) is 7.25. The monoisotopic (exact) mass is 359 g/mol. The number of carbonyl (C=O) groups excluding carboxylic acids is 1. The smallest absolute Gasteiger partial charge is 0.256 e. The van der Waals surface area contributed by atoms with Crippen molar-refractivity contribution >= 4 is 27.3 Å². The summed E-state index contributed by atoms with van der Waals surface area (Å²) in [6, 6.07) is 17.0. The van der Waals surface area contributed by atoms with Crippen molar-refractivity contribution in [2.45, 2.75) is 0 Å². The minimum atomic E-state index is -3.21. The van der Waals surface area contributed by atoms with Gasteiger partial charge in [0.05, 0.1) is 17.5 Å². The maximum atomic E-state index is 12.9. The molecule has 3 rings (SSSR count). The Labute approximate surface area is 148 Å². The van der Waals surface area contributed by atoms with Gasteiger partial charge in [-0.1, -0.05) is 30.3 Å². The van der Waals surface area contributed by atoms with E-state index in [0.29, 0.717) is 31.7 Å². The number of piperazine rings is 1. The van der Waals surface area contributed by atoms with Crippen LogP contribution >= 0.6 is 0 Å². The summed E-state index contributed by atoms with van der Waals surface area (Å²) in [7, 11) is -3.21. The van der Waals surface area contributed by atoms with Gasteiger partial charge in [0.25, 0.3) is 5.91 Å². The Bertz CT molecular complexity index is 845. The van der Waals surface area contributed by atoms with Gasteiger partial charge in [-0.05, 0) is 24.3 Å². The van der Waals surface area contributed by atoms with Gasteiger partial charge in [-0.2, -0.15) is 4.31 Å². The number of anilines is 2. The molecule has 0 aromatic heterocycles. The molecular weight excluding hydrogens is 338 g/mol. The van der Waals surface area contributed by atoms with Gasteiger partial charge in [-0.25, -0.2) is 8.42 Å².